The predicted octanol–water partition coefficient (Wildman–Crippen LogP) is 2.75. The third kappa shape index (κ3) is 9.60. The van der Waals surface area contributed by atoms with Crippen molar-refractivity contribution in [3.63, 3.8) is 0 Å². The Balaban J connectivity index is 1.13. The Bertz CT molecular complexity index is 1390. The number of nitrogens with zero attached hydrogens (tertiary/aromatic N) is 2. The number of carbonyl (C=O) groups is 4. The van der Waals surface area contributed by atoms with Gasteiger partial charge in [-0.1, -0.05) is 48.5 Å². The summed E-state index contributed by atoms with van der Waals surface area (Å²) in [5.41, 5.74) is 0.954. The quantitative estimate of drug-likeness (QED) is 0.321. The minimum absolute atomic E-state index is 0.0348. The highest BCUT2D eigenvalue weighted by Crippen LogP contribution is 2.41. The first-order valence-corrected chi connectivity index (χ1v) is 16.3. The van der Waals surface area contributed by atoms with Crippen LogP contribution in [0.5, 0.6) is 0 Å². The molecule has 0 aliphatic carbocycles. The number of hydrogen-bond donors (Lipinski definition) is 3. The van der Waals surface area contributed by atoms with Crippen LogP contribution < -0.4 is 10.0 Å². The van der Waals surface area contributed by atoms with E-state index in [0.29, 0.717) is 19.6 Å². The van der Waals surface area contributed by atoms with Gasteiger partial charge in [-0.15, -0.1) is 0 Å². The molecule has 1 atom stereocenters. The van der Waals surface area contributed by atoms with E-state index in [-0.39, 0.29) is 48.0 Å². The van der Waals surface area contributed by atoms with Crippen molar-refractivity contribution in [2.24, 2.45) is 5.41 Å². The van der Waals surface area contributed by atoms with E-state index in [9.17, 15) is 32.7 Å². The number of likely N-dealkylation sites (tertiary alicyclic amines) is 2. The number of alkyl carbamates (subject to hydrolysis) is 1. The zero-order chi connectivity index (χ0) is 31.6. The molecule has 0 aromatic heterocycles. The van der Waals surface area contributed by atoms with Crippen molar-refractivity contribution < 1.29 is 37.4 Å². The van der Waals surface area contributed by atoms with Gasteiger partial charge in [0, 0.05) is 32.5 Å². The smallest absolute Gasteiger partial charge is 0.414 e. The summed E-state index contributed by atoms with van der Waals surface area (Å²) in [7, 11) is -4.03. The SMILES string of the molecule is O=C(CCN1CCC2(CC1)CCN(C(=O)CCC(NS(=O)(=O)c1ccccc1)C(=O)O)CC2)NC(=O)OCc1ccccc1. The van der Waals surface area contributed by atoms with E-state index < -0.39 is 28.1 Å². The van der Waals surface area contributed by atoms with Crippen LogP contribution in [0.3, 0.4) is 0 Å². The molecule has 238 valence electrons. The third-order valence-corrected chi connectivity index (χ3v) is 9.99. The van der Waals surface area contributed by atoms with E-state index >= 15 is 0 Å². The molecule has 3 N–H and O–H groups in total. The molecule has 4 rings (SSSR count). The van der Waals surface area contributed by atoms with Gasteiger partial charge in [-0.2, -0.15) is 4.72 Å². The molecule has 2 heterocycles. The number of nitrogens with one attached hydrogen (secondary N) is 2. The van der Waals surface area contributed by atoms with E-state index in [1.165, 1.54) is 12.1 Å². The molecule has 2 fully saturated rings. The molecule has 0 radical (unpaired) electrons. The summed E-state index contributed by atoms with van der Waals surface area (Å²) in [4.78, 5) is 52.7. The Labute approximate surface area is 257 Å². The minimum Gasteiger partial charge on any atom is -0.480 e. The average Bonchev–Trinajstić information content (AvgIpc) is 3.03. The Kier molecular flexibility index (Phi) is 11.5. The van der Waals surface area contributed by atoms with Crippen molar-refractivity contribution in [3.05, 3.63) is 66.2 Å². The lowest BCUT2D eigenvalue weighted by Crippen LogP contribution is -2.49. The highest BCUT2D eigenvalue weighted by atomic mass is 32.2. The normalized spacial score (nSPS) is 17.5. The van der Waals surface area contributed by atoms with Gasteiger partial charge < -0.3 is 19.6 Å². The maximum atomic E-state index is 12.9. The van der Waals surface area contributed by atoms with Gasteiger partial charge in [-0.25, -0.2) is 13.2 Å². The first-order chi connectivity index (χ1) is 21.1. The Morgan fingerprint density at radius 1 is 0.864 bits per heavy atom. The largest absolute Gasteiger partial charge is 0.480 e. The standard InChI is InChI=1S/C31H40N4O8S/c36-27(32-30(40)43-23-24-7-3-1-4-8-24)13-18-34-19-14-31(15-20-34)16-21-35(22-17-31)28(37)12-11-26(29(38)39)33-44(41,42)25-9-5-2-6-10-25/h1-10,26,33H,11-23H2,(H,38,39)(H,32,36,40). The van der Waals surface area contributed by atoms with Gasteiger partial charge in [0.1, 0.15) is 12.6 Å². The average molecular weight is 629 g/mol. The van der Waals surface area contributed by atoms with Crippen LogP contribution in [0.1, 0.15) is 50.5 Å². The van der Waals surface area contributed by atoms with Gasteiger partial charge in [-0.3, -0.25) is 19.7 Å². The van der Waals surface area contributed by atoms with Crippen molar-refractivity contribution in [2.75, 3.05) is 32.7 Å². The molecule has 3 amide bonds. The van der Waals surface area contributed by atoms with Crippen molar-refractivity contribution in [1.82, 2.24) is 19.8 Å². The number of hydrogen-bond acceptors (Lipinski definition) is 8. The van der Waals surface area contributed by atoms with Crippen LogP contribution in [-0.4, -0.2) is 86.0 Å². The zero-order valence-corrected chi connectivity index (χ0v) is 25.5. The van der Waals surface area contributed by atoms with Crippen molar-refractivity contribution in [3.8, 4) is 0 Å². The summed E-state index contributed by atoms with van der Waals surface area (Å²) in [6.45, 7) is 3.41. The van der Waals surface area contributed by atoms with Crippen LogP contribution in [0.15, 0.2) is 65.6 Å². The maximum absolute atomic E-state index is 12.9. The number of amides is 3. The first kappa shape index (κ1) is 33.1. The second-order valence-electron chi connectivity index (χ2n) is 11.4. The third-order valence-electron chi connectivity index (χ3n) is 8.50. The van der Waals surface area contributed by atoms with E-state index in [0.717, 1.165) is 44.3 Å². The van der Waals surface area contributed by atoms with E-state index in [1.807, 2.05) is 30.3 Å². The highest BCUT2D eigenvalue weighted by Gasteiger charge is 2.38. The molecule has 0 bridgehead atoms. The molecule has 1 unspecified atom stereocenters. The predicted molar refractivity (Wildman–Crippen MR) is 161 cm³/mol. The fourth-order valence-corrected chi connectivity index (χ4v) is 6.94. The molecular weight excluding hydrogens is 588 g/mol. The fourth-order valence-electron chi connectivity index (χ4n) is 5.69. The lowest BCUT2D eigenvalue weighted by atomic mass is 9.71. The number of aliphatic carboxylic acids is 1. The lowest BCUT2D eigenvalue weighted by Gasteiger charge is -2.47. The van der Waals surface area contributed by atoms with Gasteiger partial charge in [0.25, 0.3) is 0 Å². The van der Waals surface area contributed by atoms with E-state index in [1.54, 1.807) is 23.1 Å². The lowest BCUT2D eigenvalue weighted by molar-refractivity contribution is -0.139. The van der Waals surface area contributed by atoms with Crippen LogP contribution in [0.2, 0.25) is 0 Å². The number of carboxylic acid groups (broad SMARTS) is 1. The molecule has 13 heteroatoms. The summed E-state index contributed by atoms with van der Waals surface area (Å²) in [6, 6.07) is 15.3. The van der Waals surface area contributed by atoms with Crippen LogP contribution in [0.4, 0.5) is 4.79 Å². The number of benzene rings is 2. The topological polar surface area (TPSA) is 162 Å². The Morgan fingerprint density at radius 2 is 1.45 bits per heavy atom. The summed E-state index contributed by atoms with van der Waals surface area (Å²) in [5.74, 6) is -1.90. The van der Waals surface area contributed by atoms with Gasteiger partial charge in [-0.05, 0) is 68.3 Å². The number of piperidine rings is 2. The summed E-state index contributed by atoms with van der Waals surface area (Å²) >= 11 is 0. The zero-order valence-electron chi connectivity index (χ0n) is 24.7. The van der Waals surface area contributed by atoms with Crippen molar-refractivity contribution in [1.29, 1.82) is 0 Å². The van der Waals surface area contributed by atoms with Gasteiger partial charge in [0.15, 0.2) is 0 Å². The minimum atomic E-state index is -4.03. The molecule has 12 nitrogen and oxygen atoms in total. The van der Waals surface area contributed by atoms with E-state index in [4.69, 9.17) is 4.74 Å². The molecule has 1 spiro atoms. The monoisotopic (exact) mass is 628 g/mol. The first-order valence-electron chi connectivity index (χ1n) is 14.9. The molecular formula is C31H40N4O8S. The van der Waals surface area contributed by atoms with Crippen LogP contribution in [0, 0.1) is 5.41 Å². The molecule has 2 saturated heterocycles. The second kappa shape index (κ2) is 15.3. The van der Waals surface area contributed by atoms with E-state index in [2.05, 4.69) is 14.9 Å². The number of imide groups is 1. The number of rotatable bonds is 12. The van der Waals surface area contributed by atoms with Crippen LogP contribution in [-0.2, 0) is 35.8 Å². The van der Waals surface area contributed by atoms with Crippen LogP contribution >= 0.6 is 0 Å². The fraction of sp³-hybridized carbons (Fsp3) is 0.484. The molecule has 2 aliphatic heterocycles. The van der Waals surface area contributed by atoms with Gasteiger partial charge >= 0.3 is 12.1 Å². The Morgan fingerprint density at radius 3 is 2.07 bits per heavy atom. The highest BCUT2D eigenvalue weighted by molar-refractivity contribution is 7.89. The van der Waals surface area contributed by atoms with Crippen LogP contribution in [0.25, 0.3) is 0 Å². The van der Waals surface area contributed by atoms with Gasteiger partial charge in [0.2, 0.25) is 21.8 Å². The molecule has 2 aliphatic rings. The maximum Gasteiger partial charge on any atom is 0.414 e. The number of ether oxygens (including phenoxy) is 1. The summed E-state index contributed by atoms with van der Waals surface area (Å²) < 4.78 is 32.4. The number of carbonyl (C=O) groups excluding carboxylic acids is 3. The summed E-state index contributed by atoms with van der Waals surface area (Å²) in [6.07, 6.45) is 2.77. The number of carboxylic acids is 1. The number of sulfonamides is 1. The van der Waals surface area contributed by atoms with Crippen molar-refractivity contribution in [2.45, 2.75) is 62.5 Å². The van der Waals surface area contributed by atoms with Crippen molar-refractivity contribution >= 4 is 33.9 Å². The molecule has 2 aromatic rings. The Hall–Kier alpha value is -3.81. The molecule has 44 heavy (non-hydrogen) atoms. The van der Waals surface area contributed by atoms with Gasteiger partial charge in [0.05, 0.1) is 4.90 Å². The molecule has 2 aromatic carbocycles. The molecule has 0 saturated carbocycles. The summed E-state index contributed by atoms with van der Waals surface area (Å²) in [5, 5.41) is 11.8. The second-order valence-corrected chi connectivity index (χ2v) is 13.2.